The van der Waals surface area contributed by atoms with Crippen molar-refractivity contribution in [2.24, 2.45) is 0 Å². The molecule has 0 saturated carbocycles. The summed E-state index contributed by atoms with van der Waals surface area (Å²) in [6, 6.07) is 8.89. The summed E-state index contributed by atoms with van der Waals surface area (Å²) in [6.45, 7) is 3.59. The van der Waals surface area contributed by atoms with Crippen molar-refractivity contribution in [3.8, 4) is 5.88 Å². The molecule has 0 aliphatic rings. The number of ether oxygens (including phenoxy) is 1. The average molecular weight is 347 g/mol. The van der Waals surface area contributed by atoms with Gasteiger partial charge in [0.25, 0.3) is 5.91 Å². The van der Waals surface area contributed by atoms with Crippen LogP contribution in [0.5, 0.6) is 5.88 Å². The first kappa shape index (κ1) is 17.6. The van der Waals surface area contributed by atoms with Crippen molar-refractivity contribution in [1.82, 2.24) is 9.71 Å². The second-order valence-corrected chi connectivity index (χ2v) is 6.48. The normalized spacial score (nSPS) is 10.9. The van der Waals surface area contributed by atoms with E-state index < -0.39 is 10.0 Å². The Morgan fingerprint density at radius 2 is 1.96 bits per heavy atom. The number of anilines is 1. The molecule has 1 amide bonds. The standard InChI is InChI=1S/C16H17N3O4S/c1-3-10-18-24(21,22)14-7-4-12(5-8-14)16(20)19-13-6-9-15(23-2)17-11-13/h3-9,11,18H,1,10H2,2H3,(H,19,20). The van der Waals surface area contributed by atoms with Crippen LogP contribution in [0.4, 0.5) is 5.69 Å². The summed E-state index contributed by atoms with van der Waals surface area (Å²) in [7, 11) is -2.11. The van der Waals surface area contributed by atoms with Crippen molar-refractivity contribution in [2.45, 2.75) is 4.90 Å². The van der Waals surface area contributed by atoms with Crippen molar-refractivity contribution in [1.29, 1.82) is 0 Å². The number of rotatable bonds is 7. The third kappa shape index (κ3) is 4.40. The van der Waals surface area contributed by atoms with E-state index in [1.54, 1.807) is 12.1 Å². The summed E-state index contributed by atoms with van der Waals surface area (Å²) in [5, 5.41) is 2.67. The van der Waals surface area contributed by atoms with Crippen molar-refractivity contribution in [3.05, 3.63) is 60.8 Å². The lowest BCUT2D eigenvalue weighted by atomic mass is 10.2. The summed E-state index contributed by atoms with van der Waals surface area (Å²) in [6.07, 6.45) is 2.91. The molecule has 1 aromatic heterocycles. The minimum absolute atomic E-state index is 0.0759. The molecule has 0 fully saturated rings. The van der Waals surface area contributed by atoms with Gasteiger partial charge in [0, 0.05) is 18.2 Å². The average Bonchev–Trinajstić information content (AvgIpc) is 2.60. The fourth-order valence-electron chi connectivity index (χ4n) is 1.82. The molecule has 8 heteroatoms. The number of nitrogens with zero attached hydrogens (tertiary/aromatic N) is 1. The maximum Gasteiger partial charge on any atom is 0.255 e. The number of amides is 1. The Bertz CT molecular complexity index is 815. The van der Waals surface area contributed by atoms with E-state index in [2.05, 4.69) is 21.6 Å². The Balaban J connectivity index is 2.09. The smallest absolute Gasteiger partial charge is 0.255 e. The maximum atomic E-state index is 12.2. The molecule has 7 nitrogen and oxygen atoms in total. The Morgan fingerprint density at radius 1 is 1.25 bits per heavy atom. The van der Waals surface area contributed by atoms with E-state index in [1.165, 1.54) is 43.6 Å². The number of benzene rings is 1. The number of carbonyl (C=O) groups is 1. The number of hydrogen-bond acceptors (Lipinski definition) is 5. The van der Waals surface area contributed by atoms with Crippen LogP contribution >= 0.6 is 0 Å². The molecule has 1 aromatic carbocycles. The summed E-state index contributed by atoms with van der Waals surface area (Å²) < 4.78 is 31.2. The van der Waals surface area contributed by atoms with Crippen LogP contribution < -0.4 is 14.8 Å². The van der Waals surface area contributed by atoms with Gasteiger partial charge < -0.3 is 10.1 Å². The lowest BCUT2D eigenvalue weighted by Gasteiger charge is -2.07. The van der Waals surface area contributed by atoms with Crippen LogP contribution in [0.25, 0.3) is 0 Å². The summed E-state index contributed by atoms with van der Waals surface area (Å²) in [5.41, 5.74) is 0.832. The molecule has 0 bridgehead atoms. The van der Waals surface area contributed by atoms with Crippen molar-refractivity contribution >= 4 is 21.6 Å². The van der Waals surface area contributed by atoms with Crippen LogP contribution in [0, 0.1) is 0 Å². The molecular weight excluding hydrogens is 330 g/mol. The monoisotopic (exact) mass is 347 g/mol. The van der Waals surface area contributed by atoms with E-state index in [4.69, 9.17) is 4.74 Å². The fourth-order valence-corrected chi connectivity index (χ4v) is 2.81. The number of nitrogens with one attached hydrogen (secondary N) is 2. The number of carbonyl (C=O) groups excluding carboxylic acids is 1. The number of sulfonamides is 1. The van der Waals surface area contributed by atoms with Gasteiger partial charge in [-0.3, -0.25) is 4.79 Å². The zero-order valence-electron chi connectivity index (χ0n) is 13.0. The molecule has 126 valence electrons. The van der Waals surface area contributed by atoms with Gasteiger partial charge in [0.05, 0.1) is 23.9 Å². The van der Waals surface area contributed by atoms with Crippen LogP contribution in [0.15, 0.2) is 60.1 Å². The van der Waals surface area contributed by atoms with Crippen LogP contribution in [0.3, 0.4) is 0 Å². The highest BCUT2D eigenvalue weighted by atomic mass is 32.2. The van der Waals surface area contributed by atoms with E-state index in [1.807, 2.05) is 0 Å². The molecule has 0 spiro atoms. The minimum atomic E-state index is -3.61. The van der Waals surface area contributed by atoms with E-state index in [0.717, 1.165) is 0 Å². The fraction of sp³-hybridized carbons (Fsp3) is 0.125. The number of pyridine rings is 1. The molecule has 0 aliphatic heterocycles. The van der Waals surface area contributed by atoms with Crippen LogP contribution in [-0.2, 0) is 10.0 Å². The second-order valence-electron chi connectivity index (χ2n) is 4.71. The van der Waals surface area contributed by atoms with Gasteiger partial charge in [-0.2, -0.15) is 0 Å². The van der Waals surface area contributed by atoms with Crippen molar-refractivity contribution < 1.29 is 17.9 Å². The molecule has 2 N–H and O–H groups in total. The molecule has 2 rings (SSSR count). The van der Waals surface area contributed by atoms with Gasteiger partial charge in [0.15, 0.2) is 0 Å². The zero-order valence-corrected chi connectivity index (χ0v) is 13.8. The Labute approximate surface area is 140 Å². The number of aromatic nitrogens is 1. The van der Waals surface area contributed by atoms with Crippen molar-refractivity contribution in [2.75, 3.05) is 19.0 Å². The molecule has 24 heavy (non-hydrogen) atoms. The number of hydrogen-bond donors (Lipinski definition) is 2. The van der Waals surface area contributed by atoms with Gasteiger partial charge in [-0.25, -0.2) is 18.1 Å². The lowest BCUT2D eigenvalue weighted by molar-refractivity contribution is 0.102. The third-order valence-electron chi connectivity index (χ3n) is 3.05. The Hall–Kier alpha value is -2.71. The predicted molar refractivity (Wildman–Crippen MR) is 90.6 cm³/mol. The molecular formula is C16H17N3O4S. The second kappa shape index (κ2) is 7.71. The molecule has 0 unspecified atom stereocenters. The van der Waals surface area contributed by atoms with Crippen LogP contribution in [-0.4, -0.2) is 33.0 Å². The van der Waals surface area contributed by atoms with Gasteiger partial charge in [0.2, 0.25) is 15.9 Å². The molecule has 0 aliphatic carbocycles. The summed E-state index contributed by atoms with van der Waals surface area (Å²) >= 11 is 0. The maximum absolute atomic E-state index is 12.2. The first-order valence-electron chi connectivity index (χ1n) is 6.98. The molecule has 1 heterocycles. The van der Waals surface area contributed by atoms with Crippen LogP contribution in [0.1, 0.15) is 10.4 Å². The third-order valence-corrected chi connectivity index (χ3v) is 4.49. The quantitative estimate of drug-likeness (QED) is 0.745. The highest BCUT2D eigenvalue weighted by Gasteiger charge is 2.14. The SMILES string of the molecule is C=CCNS(=O)(=O)c1ccc(C(=O)Nc2ccc(OC)nc2)cc1. The topological polar surface area (TPSA) is 97.4 Å². The largest absolute Gasteiger partial charge is 0.481 e. The molecule has 2 aromatic rings. The Morgan fingerprint density at radius 3 is 2.50 bits per heavy atom. The van der Waals surface area contributed by atoms with E-state index >= 15 is 0 Å². The zero-order chi connectivity index (χ0) is 17.6. The summed E-state index contributed by atoms with van der Waals surface area (Å²) in [4.78, 5) is 16.2. The van der Waals surface area contributed by atoms with Gasteiger partial charge in [-0.1, -0.05) is 6.08 Å². The first-order chi connectivity index (χ1) is 11.5. The highest BCUT2D eigenvalue weighted by molar-refractivity contribution is 7.89. The number of methoxy groups -OCH3 is 1. The Kier molecular flexibility index (Phi) is 5.67. The van der Waals surface area contributed by atoms with Crippen LogP contribution in [0.2, 0.25) is 0 Å². The molecule has 0 saturated heterocycles. The van der Waals surface area contributed by atoms with Crippen molar-refractivity contribution in [3.63, 3.8) is 0 Å². The predicted octanol–water partition coefficient (Wildman–Crippen LogP) is 1.81. The van der Waals surface area contributed by atoms with E-state index in [9.17, 15) is 13.2 Å². The minimum Gasteiger partial charge on any atom is -0.481 e. The van der Waals surface area contributed by atoms with Gasteiger partial charge in [-0.05, 0) is 30.3 Å². The summed E-state index contributed by atoms with van der Waals surface area (Å²) in [5.74, 6) is 0.0690. The van der Waals surface area contributed by atoms with E-state index in [-0.39, 0.29) is 17.3 Å². The van der Waals surface area contributed by atoms with Gasteiger partial charge >= 0.3 is 0 Å². The highest BCUT2D eigenvalue weighted by Crippen LogP contribution is 2.14. The van der Waals surface area contributed by atoms with Gasteiger partial charge in [-0.15, -0.1) is 6.58 Å². The first-order valence-corrected chi connectivity index (χ1v) is 8.46. The lowest BCUT2D eigenvalue weighted by Crippen LogP contribution is -2.23. The molecule has 0 atom stereocenters. The van der Waals surface area contributed by atoms with E-state index in [0.29, 0.717) is 17.1 Å². The van der Waals surface area contributed by atoms with Gasteiger partial charge in [0.1, 0.15) is 0 Å². The molecule has 0 radical (unpaired) electrons.